The Morgan fingerprint density at radius 3 is 2.62 bits per heavy atom. The topological polar surface area (TPSA) is 59.1 Å². The quantitative estimate of drug-likeness (QED) is 0.641. The molecule has 26 heavy (non-hydrogen) atoms. The van der Waals surface area contributed by atoms with Gasteiger partial charge in [-0.1, -0.05) is 24.3 Å². The summed E-state index contributed by atoms with van der Waals surface area (Å²) in [5, 5.41) is 4.47. The maximum atomic E-state index is 12.7. The van der Waals surface area contributed by atoms with Crippen molar-refractivity contribution in [3.63, 3.8) is 0 Å². The molecular formula is C16H13F3N2O2S3. The number of rotatable bonds is 6. The van der Waals surface area contributed by atoms with Crippen LogP contribution in [0.2, 0.25) is 0 Å². The SMILES string of the molecule is O=S(=O)(Cc1cccc(C(F)(F)F)c1)NCc1csc(-c2cccs2)n1. The summed E-state index contributed by atoms with van der Waals surface area (Å²) < 4.78 is 64.8. The van der Waals surface area contributed by atoms with E-state index in [1.807, 2.05) is 17.5 Å². The van der Waals surface area contributed by atoms with Crippen LogP contribution in [0.4, 0.5) is 13.2 Å². The van der Waals surface area contributed by atoms with E-state index < -0.39 is 27.5 Å². The van der Waals surface area contributed by atoms with Gasteiger partial charge in [-0.25, -0.2) is 18.1 Å². The van der Waals surface area contributed by atoms with Crippen molar-refractivity contribution in [2.24, 2.45) is 0 Å². The average molecular weight is 418 g/mol. The molecule has 0 aliphatic carbocycles. The van der Waals surface area contributed by atoms with Crippen molar-refractivity contribution in [3.8, 4) is 9.88 Å². The molecular weight excluding hydrogens is 405 g/mol. The highest BCUT2D eigenvalue weighted by atomic mass is 32.2. The third-order valence-corrected chi connectivity index (χ3v) is 6.60. The van der Waals surface area contributed by atoms with Crippen LogP contribution in [0.15, 0.2) is 47.2 Å². The maximum Gasteiger partial charge on any atom is 0.416 e. The molecule has 0 aliphatic rings. The van der Waals surface area contributed by atoms with Crippen LogP contribution in [-0.2, 0) is 28.5 Å². The second-order valence-electron chi connectivity index (χ2n) is 5.40. The fraction of sp³-hybridized carbons (Fsp3) is 0.188. The normalized spacial score (nSPS) is 12.4. The van der Waals surface area contributed by atoms with E-state index in [-0.39, 0.29) is 12.1 Å². The number of sulfonamides is 1. The first-order valence-electron chi connectivity index (χ1n) is 7.35. The van der Waals surface area contributed by atoms with Crippen molar-refractivity contribution in [1.82, 2.24) is 9.71 Å². The van der Waals surface area contributed by atoms with Crippen LogP contribution in [0.3, 0.4) is 0 Å². The Morgan fingerprint density at radius 2 is 1.92 bits per heavy atom. The van der Waals surface area contributed by atoms with Gasteiger partial charge >= 0.3 is 6.18 Å². The molecule has 10 heteroatoms. The van der Waals surface area contributed by atoms with Gasteiger partial charge in [0.2, 0.25) is 10.0 Å². The molecule has 0 atom stereocenters. The van der Waals surface area contributed by atoms with Gasteiger partial charge in [-0.05, 0) is 23.1 Å². The molecule has 4 nitrogen and oxygen atoms in total. The summed E-state index contributed by atoms with van der Waals surface area (Å²) >= 11 is 2.94. The lowest BCUT2D eigenvalue weighted by molar-refractivity contribution is -0.137. The predicted molar refractivity (Wildman–Crippen MR) is 96.3 cm³/mol. The zero-order valence-electron chi connectivity index (χ0n) is 13.2. The lowest BCUT2D eigenvalue weighted by Gasteiger charge is -2.09. The highest BCUT2D eigenvalue weighted by Crippen LogP contribution is 2.30. The third-order valence-electron chi connectivity index (χ3n) is 3.37. The number of benzene rings is 1. The number of alkyl halides is 3. The number of nitrogens with one attached hydrogen (secondary N) is 1. The van der Waals surface area contributed by atoms with E-state index in [9.17, 15) is 21.6 Å². The smallest absolute Gasteiger partial charge is 0.239 e. The fourth-order valence-electron chi connectivity index (χ4n) is 2.19. The summed E-state index contributed by atoms with van der Waals surface area (Å²) in [5.74, 6) is -0.529. The van der Waals surface area contributed by atoms with Gasteiger partial charge in [0, 0.05) is 5.38 Å². The fourth-order valence-corrected chi connectivity index (χ4v) is 4.92. The van der Waals surface area contributed by atoms with Gasteiger partial charge < -0.3 is 0 Å². The zero-order chi connectivity index (χ0) is 18.8. The number of thiazole rings is 1. The molecule has 0 saturated heterocycles. The van der Waals surface area contributed by atoms with Gasteiger partial charge in [-0.3, -0.25) is 0 Å². The second-order valence-corrected chi connectivity index (χ2v) is 9.01. The van der Waals surface area contributed by atoms with Crippen molar-refractivity contribution in [1.29, 1.82) is 0 Å². The molecule has 0 saturated carbocycles. The molecule has 3 aromatic rings. The highest BCUT2D eigenvalue weighted by molar-refractivity contribution is 7.88. The Bertz CT molecular complexity index is 980. The van der Waals surface area contributed by atoms with Crippen LogP contribution in [0.1, 0.15) is 16.8 Å². The Morgan fingerprint density at radius 1 is 1.12 bits per heavy atom. The first kappa shape index (κ1) is 19.0. The van der Waals surface area contributed by atoms with E-state index in [1.54, 1.807) is 5.38 Å². The van der Waals surface area contributed by atoms with E-state index in [0.29, 0.717) is 5.69 Å². The molecule has 0 spiro atoms. The molecule has 0 bridgehead atoms. The van der Waals surface area contributed by atoms with Gasteiger partial charge in [-0.2, -0.15) is 13.2 Å². The van der Waals surface area contributed by atoms with E-state index in [0.717, 1.165) is 22.0 Å². The molecule has 0 aliphatic heterocycles. The first-order valence-corrected chi connectivity index (χ1v) is 10.8. The molecule has 3 rings (SSSR count). The van der Waals surface area contributed by atoms with Crippen molar-refractivity contribution in [2.75, 3.05) is 0 Å². The van der Waals surface area contributed by atoms with Gasteiger partial charge in [-0.15, -0.1) is 22.7 Å². The van der Waals surface area contributed by atoms with Crippen LogP contribution in [0.5, 0.6) is 0 Å². The minimum atomic E-state index is -4.51. The highest BCUT2D eigenvalue weighted by Gasteiger charge is 2.30. The summed E-state index contributed by atoms with van der Waals surface area (Å²) in [4.78, 5) is 5.36. The first-order chi connectivity index (χ1) is 12.2. The number of hydrogen-bond donors (Lipinski definition) is 1. The van der Waals surface area contributed by atoms with Crippen molar-refractivity contribution < 1.29 is 21.6 Å². The second kappa shape index (κ2) is 7.47. The molecule has 2 heterocycles. The Labute approximate surface area is 156 Å². The summed E-state index contributed by atoms with van der Waals surface area (Å²) in [5.41, 5.74) is -0.235. The van der Waals surface area contributed by atoms with E-state index >= 15 is 0 Å². The number of aromatic nitrogens is 1. The number of thiophene rings is 1. The van der Waals surface area contributed by atoms with Crippen LogP contribution < -0.4 is 4.72 Å². The predicted octanol–water partition coefficient (Wildman–Crippen LogP) is 4.51. The minimum absolute atomic E-state index is 0.0107. The lowest BCUT2D eigenvalue weighted by Crippen LogP contribution is -2.25. The Balaban J connectivity index is 1.65. The average Bonchev–Trinajstić information content (AvgIpc) is 3.23. The van der Waals surface area contributed by atoms with Gasteiger partial charge in [0.05, 0.1) is 28.4 Å². The monoisotopic (exact) mass is 418 g/mol. The number of nitrogens with zero attached hydrogens (tertiary/aromatic N) is 1. The lowest BCUT2D eigenvalue weighted by atomic mass is 10.1. The van der Waals surface area contributed by atoms with E-state index in [2.05, 4.69) is 9.71 Å². The molecule has 0 fully saturated rings. The summed E-state index contributed by atoms with van der Waals surface area (Å²) in [6.45, 7) is -0.0107. The van der Waals surface area contributed by atoms with Gasteiger partial charge in [0.25, 0.3) is 0 Å². The van der Waals surface area contributed by atoms with Crippen molar-refractivity contribution in [2.45, 2.75) is 18.5 Å². The van der Waals surface area contributed by atoms with E-state index in [4.69, 9.17) is 0 Å². The number of halogens is 3. The summed E-state index contributed by atoms with van der Waals surface area (Å²) in [6.07, 6.45) is -4.51. The van der Waals surface area contributed by atoms with E-state index in [1.165, 1.54) is 34.8 Å². The molecule has 0 radical (unpaired) electrons. The standard InChI is InChI=1S/C16H13F3N2O2S3/c17-16(18,19)12-4-1-3-11(7-12)10-26(22,23)20-8-13-9-25-15(21-13)14-5-2-6-24-14/h1-7,9,20H,8,10H2. The zero-order valence-corrected chi connectivity index (χ0v) is 15.6. The molecule has 138 valence electrons. The van der Waals surface area contributed by atoms with Crippen LogP contribution in [0.25, 0.3) is 9.88 Å². The van der Waals surface area contributed by atoms with Crippen LogP contribution in [-0.4, -0.2) is 13.4 Å². The molecule has 1 aromatic carbocycles. The maximum absolute atomic E-state index is 12.7. The summed E-state index contributed by atoms with van der Waals surface area (Å²) in [6, 6.07) is 8.12. The van der Waals surface area contributed by atoms with Gasteiger partial charge in [0.1, 0.15) is 5.01 Å². The van der Waals surface area contributed by atoms with Crippen molar-refractivity contribution in [3.05, 3.63) is 64.0 Å². The van der Waals surface area contributed by atoms with Crippen LogP contribution >= 0.6 is 22.7 Å². The van der Waals surface area contributed by atoms with Crippen molar-refractivity contribution >= 4 is 32.7 Å². The summed E-state index contributed by atoms with van der Waals surface area (Å²) in [7, 11) is -3.79. The minimum Gasteiger partial charge on any atom is -0.239 e. The van der Waals surface area contributed by atoms with Gasteiger partial charge in [0.15, 0.2) is 0 Å². The molecule has 2 aromatic heterocycles. The number of hydrogen-bond acceptors (Lipinski definition) is 5. The Hall–Kier alpha value is -1.75. The third kappa shape index (κ3) is 4.91. The van der Waals surface area contributed by atoms with Crippen LogP contribution in [0, 0.1) is 0 Å². The molecule has 1 N–H and O–H groups in total. The largest absolute Gasteiger partial charge is 0.416 e. The molecule has 0 amide bonds. The Kier molecular flexibility index (Phi) is 5.47. The molecule has 0 unspecified atom stereocenters.